The van der Waals surface area contributed by atoms with Crippen molar-refractivity contribution < 1.29 is 9.53 Å². The lowest BCUT2D eigenvalue weighted by molar-refractivity contribution is 0.163. The van der Waals surface area contributed by atoms with Crippen LogP contribution in [0.1, 0.15) is 11.6 Å². The Hall–Kier alpha value is -1.22. The number of hydrogen-bond donors (Lipinski definition) is 0. The van der Waals surface area contributed by atoms with Gasteiger partial charge in [0.15, 0.2) is 0 Å². The smallest absolute Gasteiger partial charge is 0.410 e. The molecule has 0 N–H and O–H groups in total. The lowest BCUT2D eigenvalue weighted by Crippen LogP contribution is -2.22. The van der Waals surface area contributed by atoms with Gasteiger partial charge in [0, 0.05) is 12.1 Å². The van der Waals surface area contributed by atoms with E-state index in [0.29, 0.717) is 11.6 Å². The van der Waals surface area contributed by atoms with Gasteiger partial charge in [-0.05, 0) is 17.7 Å². The monoisotopic (exact) mass is 211 g/mol. The number of benzene rings is 1. The molecule has 0 aliphatic carbocycles. The van der Waals surface area contributed by atoms with E-state index < -0.39 is 0 Å². The molecule has 3 nitrogen and oxygen atoms in total. The van der Waals surface area contributed by atoms with Gasteiger partial charge in [0.25, 0.3) is 0 Å². The summed E-state index contributed by atoms with van der Waals surface area (Å²) in [4.78, 5) is 12.7. The molecule has 1 atom stereocenters. The molecule has 1 aromatic rings. The summed E-state index contributed by atoms with van der Waals surface area (Å²) in [5.74, 6) is 0. The summed E-state index contributed by atoms with van der Waals surface area (Å²) in [5, 5.41) is 0.696. The van der Waals surface area contributed by atoms with Crippen molar-refractivity contribution in [3.63, 3.8) is 0 Å². The fourth-order valence-electron chi connectivity index (χ4n) is 1.50. The maximum absolute atomic E-state index is 11.1. The summed E-state index contributed by atoms with van der Waals surface area (Å²) in [6.07, 6.45) is -0.273. The first-order valence-corrected chi connectivity index (χ1v) is 4.71. The molecule has 0 bridgehead atoms. The van der Waals surface area contributed by atoms with Crippen LogP contribution in [0.15, 0.2) is 24.3 Å². The lowest BCUT2D eigenvalue weighted by atomic mass is 10.1. The highest BCUT2D eigenvalue weighted by Gasteiger charge is 2.30. The number of cyclic esters (lactones) is 1. The van der Waals surface area contributed by atoms with Gasteiger partial charge >= 0.3 is 6.09 Å². The number of nitrogens with zero attached hydrogens (tertiary/aromatic N) is 1. The van der Waals surface area contributed by atoms with E-state index in [2.05, 4.69) is 0 Å². The van der Waals surface area contributed by atoms with Crippen LogP contribution in [0.25, 0.3) is 0 Å². The van der Waals surface area contributed by atoms with Crippen molar-refractivity contribution in [3.05, 3.63) is 34.9 Å². The minimum atomic E-state index is -0.273. The van der Waals surface area contributed by atoms with Gasteiger partial charge in [0.05, 0.1) is 6.04 Å². The number of hydrogen-bond acceptors (Lipinski definition) is 2. The van der Waals surface area contributed by atoms with E-state index in [1.54, 1.807) is 11.9 Å². The Kier molecular flexibility index (Phi) is 2.33. The molecule has 1 amide bonds. The third-order valence-electron chi connectivity index (χ3n) is 2.37. The van der Waals surface area contributed by atoms with Crippen molar-refractivity contribution in [2.75, 3.05) is 13.7 Å². The van der Waals surface area contributed by atoms with Crippen molar-refractivity contribution in [1.29, 1.82) is 0 Å². The molecule has 74 valence electrons. The summed E-state index contributed by atoms with van der Waals surface area (Å²) in [6, 6.07) is 7.46. The van der Waals surface area contributed by atoms with Gasteiger partial charge in [-0.15, -0.1) is 0 Å². The molecular weight excluding hydrogens is 202 g/mol. The Bertz CT molecular complexity index is 350. The number of ether oxygens (including phenoxy) is 1. The van der Waals surface area contributed by atoms with Gasteiger partial charge in [0.2, 0.25) is 0 Å². The number of amides is 1. The van der Waals surface area contributed by atoms with Crippen LogP contribution in [-0.2, 0) is 4.74 Å². The summed E-state index contributed by atoms with van der Waals surface area (Å²) in [5.41, 5.74) is 1.04. The second kappa shape index (κ2) is 3.50. The molecule has 0 spiro atoms. The van der Waals surface area contributed by atoms with Gasteiger partial charge in [-0.1, -0.05) is 23.7 Å². The number of likely N-dealkylation sites (N-methyl/N-ethyl adjacent to an activating group) is 1. The predicted molar refractivity (Wildman–Crippen MR) is 53.3 cm³/mol. The highest BCUT2D eigenvalue weighted by Crippen LogP contribution is 2.26. The fraction of sp³-hybridized carbons (Fsp3) is 0.300. The highest BCUT2D eigenvalue weighted by molar-refractivity contribution is 6.30. The van der Waals surface area contributed by atoms with E-state index in [0.717, 1.165) is 5.56 Å². The zero-order valence-electron chi connectivity index (χ0n) is 7.74. The molecule has 1 heterocycles. The number of halogens is 1. The molecule has 1 aromatic carbocycles. The van der Waals surface area contributed by atoms with Crippen molar-refractivity contribution >= 4 is 17.7 Å². The van der Waals surface area contributed by atoms with Gasteiger partial charge in [-0.3, -0.25) is 0 Å². The van der Waals surface area contributed by atoms with E-state index in [-0.39, 0.29) is 12.1 Å². The summed E-state index contributed by atoms with van der Waals surface area (Å²) in [6.45, 7) is 0.414. The number of carbonyl (C=O) groups is 1. The van der Waals surface area contributed by atoms with Crippen molar-refractivity contribution in [1.82, 2.24) is 4.90 Å². The van der Waals surface area contributed by atoms with Crippen LogP contribution in [0.3, 0.4) is 0 Å². The topological polar surface area (TPSA) is 29.5 Å². The summed E-state index contributed by atoms with van der Waals surface area (Å²) < 4.78 is 4.92. The van der Waals surface area contributed by atoms with Gasteiger partial charge in [0.1, 0.15) is 6.61 Å². The molecule has 1 fully saturated rings. The highest BCUT2D eigenvalue weighted by atomic mass is 35.5. The Balaban J connectivity index is 2.23. The molecule has 4 heteroatoms. The van der Waals surface area contributed by atoms with Crippen LogP contribution < -0.4 is 0 Å². The first-order valence-electron chi connectivity index (χ1n) is 4.33. The maximum Gasteiger partial charge on any atom is 0.410 e. The molecule has 1 saturated heterocycles. The molecule has 14 heavy (non-hydrogen) atoms. The van der Waals surface area contributed by atoms with Crippen LogP contribution in [0.2, 0.25) is 5.02 Å². The van der Waals surface area contributed by atoms with E-state index in [1.807, 2.05) is 24.3 Å². The quantitative estimate of drug-likeness (QED) is 0.714. The minimum absolute atomic E-state index is 0.0137. The van der Waals surface area contributed by atoms with Gasteiger partial charge < -0.3 is 9.64 Å². The first-order chi connectivity index (χ1) is 6.68. The van der Waals surface area contributed by atoms with E-state index >= 15 is 0 Å². The van der Waals surface area contributed by atoms with Crippen molar-refractivity contribution in [2.45, 2.75) is 6.04 Å². The Morgan fingerprint density at radius 3 is 2.57 bits per heavy atom. The van der Waals surface area contributed by atoms with Gasteiger partial charge in [-0.25, -0.2) is 4.79 Å². The van der Waals surface area contributed by atoms with Crippen LogP contribution in [0.5, 0.6) is 0 Å². The maximum atomic E-state index is 11.1. The second-order valence-corrected chi connectivity index (χ2v) is 3.69. The van der Waals surface area contributed by atoms with Crippen LogP contribution in [-0.4, -0.2) is 24.6 Å². The lowest BCUT2D eigenvalue weighted by Gasteiger charge is -2.15. The summed E-state index contributed by atoms with van der Waals surface area (Å²) in [7, 11) is 1.73. The molecular formula is C10H10ClNO2. The summed E-state index contributed by atoms with van der Waals surface area (Å²) >= 11 is 5.77. The molecule has 1 unspecified atom stereocenters. The molecule has 2 rings (SSSR count). The first kappa shape index (κ1) is 9.34. The Morgan fingerprint density at radius 2 is 2.07 bits per heavy atom. The minimum Gasteiger partial charge on any atom is -0.447 e. The fourth-order valence-corrected chi connectivity index (χ4v) is 1.62. The van der Waals surface area contributed by atoms with E-state index in [9.17, 15) is 4.79 Å². The van der Waals surface area contributed by atoms with E-state index in [4.69, 9.17) is 16.3 Å². The third kappa shape index (κ3) is 1.55. The average molecular weight is 212 g/mol. The largest absolute Gasteiger partial charge is 0.447 e. The molecule has 0 radical (unpaired) electrons. The average Bonchev–Trinajstić information content (AvgIpc) is 2.50. The SMILES string of the molecule is CN1C(=O)OCC1c1ccc(Cl)cc1. The van der Waals surface area contributed by atoms with Crippen LogP contribution in [0.4, 0.5) is 4.79 Å². The van der Waals surface area contributed by atoms with Crippen LogP contribution in [0, 0.1) is 0 Å². The zero-order valence-corrected chi connectivity index (χ0v) is 8.49. The Morgan fingerprint density at radius 1 is 1.43 bits per heavy atom. The van der Waals surface area contributed by atoms with Gasteiger partial charge in [-0.2, -0.15) is 0 Å². The normalized spacial score (nSPS) is 21.1. The second-order valence-electron chi connectivity index (χ2n) is 3.26. The standard InChI is InChI=1S/C10H10ClNO2/c1-12-9(6-14-10(12)13)7-2-4-8(11)5-3-7/h2-5,9H,6H2,1H3. The zero-order chi connectivity index (χ0) is 10.1. The van der Waals surface area contributed by atoms with E-state index in [1.165, 1.54) is 0 Å². The molecule has 1 aliphatic heterocycles. The van der Waals surface area contributed by atoms with Crippen LogP contribution >= 0.6 is 11.6 Å². The molecule has 0 aromatic heterocycles. The van der Waals surface area contributed by atoms with Crippen molar-refractivity contribution in [3.8, 4) is 0 Å². The third-order valence-corrected chi connectivity index (χ3v) is 2.63. The van der Waals surface area contributed by atoms with Crippen molar-refractivity contribution in [2.24, 2.45) is 0 Å². The number of carbonyl (C=O) groups excluding carboxylic acids is 1. The molecule has 1 aliphatic rings. The number of rotatable bonds is 1. The Labute approximate surface area is 87.2 Å². The molecule has 0 saturated carbocycles. The predicted octanol–water partition coefficient (Wildman–Crippen LogP) is 2.46.